The lowest BCUT2D eigenvalue weighted by molar-refractivity contribution is -0.140. The average molecular weight is 370 g/mol. The Bertz CT molecular complexity index is 802. The molecule has 1 heterocycles. The van der Waals surface area contributed by atoms with E-state index in [1.165, 1.54) is 18.2 Å². The van der Waals surface area contributed by atoms with Crippen LogP contribution in [0.3, 0.4) is 0 Å². The molecule has 140 valence electrons. The molecule has 10 heteroatoms. The third kappa shape index (κ3) is 4.58. The van der Waals surface area contributed by atoms with Crippen LogP contribution in [0.4, 0.5) is 13.2 Å². The van der Waals surface area contributed by atoms with Crippen molar-refractivity contribution in [2.75, 3.05) is 0 Å². The van der Waals surface area contributed by atoms with Gasteiger partial charge in [-0.25, -0.2) is 9.48 Å². The van der Waals surface area contributed by atoms with E-state index in [1.807, 2.05) is 0 Å². The molecule has 1 atom stereocenters. The number of aromatic nitrogens is 3. The predicted molar refractivity (Wildman–Crippen MR) is 84.7 cm³/mol. The lowest BCUT2D eigenvalue weighted by Gasteiger charge is -2.15. The van der Waals surface area contributed by atoms with Gasteiger partial charge in [-0.2, -0.15) is 13.2 Å². The normalized spacial score (nSPS) is 12.8. The molecule has 0 spiro atoms. The number of carboxylic acids is 1. The van der Waals surface area contributed by atoms with Crippen molar-refractivity contribution in [3.05, 3.63) is 41.7 Å². The van der Waals surface area contributed by atoms with Crippen LogP contribution in [0.1, 0.15) is 36.3 Å². The molecule has 0 fully saturated rings. The number of hydrogen-bond acceptors (Lipinski definition) is 4. The molecule has 0 saturated carbocycles. The number of hydrogen-bond donors (Lipinski definition) is 2. The maximum absolute atomic E-state index is 13.1. The van der Waals surface area contributed by atoms with Gasteiger partial charge in [-0.15, -0.1) is 5.10 Å². The first-order chi connectivity index (χ1) is 12.1. The fourth-order valence-corrected chi connectivity index (χ4v) is 2.32. The largest absolute Gasteiger partial charge is 0.480 e. The van der Waals surface area contributed by atoms with E-state index < -0.39 is 29.7 Å². The van der Waals surface area contributed by atoms with Crippen LogP contribution < -0.4 is 5.32 Å². The van der Waals surface area contributed by atoms with Crippen LogP contribution in [-0.2, 0) is 11.0 Å². The Morgan fingerprint density at radius 2 is 1.92 bits per heavy atom. The maximum Gasteiger partial charge on any atom is 0.418 e. The lowest BCUT2D eigenvalue weighted by atomic mass is 10.0. The monoisotopic (exact) mass is 370 g/mol. The first-order valence-corrected chi connectivity index (χ1v) is 7.72. The first-order valence-electron chi connectivity index (χ1n) is 7.72. The van der Waals surface area contributed by atoms with Crippen molar-refractivity contribution in [1.82, 2.24) is 20.3 Å². The fourth-order valence-electron chi connectivity index (χ4n) is 2.32. The standard InChI is InChI=1S/C16H17F3N4O3/c1-9(2)7-11(15(25)26)20-14(24)12-8-23(22-21-12)13-6-4-3-5-10(13)16(17,18)19/h3-6,8-9,11H,7H2,1-2H3,(H,20,24)(H,25,26)/t11-/m1/s1. The number of benzene rings is 1. The van der Waals surface area contributed by atoms with Crippen LogP contribution in [0.2, 0.25) is 0 Å². The number of halogens is 3. The molecule has 0 aliphatic carbocycles. The van der Waals surface area contributed by atoms with Gasteiger partial charge < -0.3 is 10.4 Å². The van der Waals surface area contributed by atoms with E-state index in [4.69, 9.17) is 5.11 Å². The highest BCUT2D eigenvalue weighted by atomic mass is 19.4. The van der Waals surface area contributed by atoms with Gasteiger partial charge in [-0.05, 0) is 24.5 Å². The van der Waals surface area contributed by atoms with Crippen LogP contribution in [0.25, 0.3) is 5.69 Å². The molecule has 0 bridgehead atoms. The molecule has 26 heavy (non-hydrogen) atoms. The molecule has 7 nitrogen and oxygen atoms in total. The molecule has 0 radical (unpaired) electrons. The van der Waals surface area contributed by atoms with E-state index in [9.17, 15) is 22.8 Å². The summed E-state index contributed by atoms with van der Waals surface area (Å²) in [5, 5.41) is 18.5. The van der Waals surface area contributed by atoms with Gasteiger partial charge in [0.2, 0.25) is 0 Å². The summed E-state index contributed by atoms with van der Waals surface area (Å²) in [4.78, 5) is 23.4. The average Bonchev–Trinajstić information content (AvgIpc) is 3.03. The van der Waals surface area contributed by atoms with Crippen molar-refractivity contribution in [2.45, 2.75) is 32.5 Å². The Hall–Kier alpha value is -2.91. The number of para-hydroxylation sites is 1. The molecule has 0 saturated heterocycles. The summed E-state index contributed by atoms with van der Waals surface area (Å²) in [6.07, 6.45) is -3.38. The predicted octanol–water partition coefficient (Wildman–Crippen LogP) is 2.52. The van der Waals surface area contributed by atoms with Crippen molar-refractivity contribution >= 4 is 11.9 Å². The van der Waals surface area contributed by atoms with E-state index >= 15 is 0 Å². The van der Waals surface area contributed by atoms with Gasteiger partial charge in [0.1, 0.15) is 6.04 Å². The van der Waals surface area contributed by atoms with Crippen molar-refractivity contribution in [3.63, 3.8) is 0 Å². The minimum atomic E-state index is -4.60. The molecular formula is C16H17F3N4O3. The zero-order valence-electron chi connectivity index (χ0n) is 14.0. The minimum Gasteiger partial charge on any atom is -0.480 e. The van der Waals surface area contributed by atoms with Crippen molar-refractivity contribution in [2.24, 2.45) is 5.92 Å². The number of carbonyl (C=O) groups is 2. The van der Waals surface area contributed by atoms with Gasteiger partial charge >= 0.3 is 12.1 Å². The van der Waals surface area contributed by atoms with E-state index in [1.54, 1.807) is 13.8 Å². The van der Waals surface area contributed by atoms with Crippen LogP contribution in [0.5, 0.6) is 0 Å². The number of alkyl halides is 3. The number of carbonyl (C=O) groups excluding carboxylic acids is 1. The van der Waals surface area contributed by atoms with Crippen LogP contribution in [0, 0.1) is 5.92 Å². The Morgan fingerprint density at radius 3 is 2.50 bits per heavy atom. The SMILES string of the molecule is CC(C)C[C@@H](NC(=O)c1cn(-c2ccccc2C(F)(F)F)nn1)C(=O)O. The number of carboxylic acid groups (broad SMARTS) is 1. The van der Waals surface area contributed by atoms with E-state index in [-0.39, 0.29) is 23.7 Å². The van der Waals surface area contributed by atoms with E-state index in [0.29, 0.717) is 0 Å². The molecule has 0 aliphatic heterocycles. The highest BCUT2D eigenvalue weighted by Crippen LogP contribution is 2.33. The van der Waals surface area contributed by atoms with E-state index in [0.717, 1.165) is 16.9 Å². The molecule has 2 rings (SSSR count). The lowest BCUT2D eigenvalue weighted by Crippen LogP contribution is -2.41. The second kappa shape index (κ2) is 7.54. The summed E-state index contributed by atoms with van der Waals surface area (Å²) in [5.41, 5.74) is -1.50. The topological polar surface area (TPSA) is 97.1 Å². The molecule has 0 unspecified atom stereocenters. The zero-order valence-corrected chi connectivity index (χ0v) is 14.0. The van der Waals surface area contributed by atoms with Gasteiger partial charge in [-0.3, -0.25) is 4.79 Å². The molecule has 0 aliphatic rings. The van der Waals surface area contributed by atoms with Crippen molar-refractivity contribution in [1.29, 1.82) is 0 Å². The van der Waals surface area contributed by atoms with Gasteiger partial charge in [0.15, 0.2) is 5.69 Å². The highest BCUT2D eigenvalue weighted by molar-refractivity contribution is 5.94. The Kier molecular flexibility index (Phi) is 5.63. The van der Waals surface area contributed by atoms with Crippen LogP contribution in [0.15, 0.2) is 30.5 Å². The van der Waals surface area contributed by atoms with Crippen molar-refractivity contribution < 1.29 is 27.9 Å². The molecular weight excluding hydrogens is 353 g/mol. The van der Waals surface area contributed by atoms with E-state index in [2.05, 4.69) is 15.6 Å². The summed E-state index contributed by atoms with van der Waals surface area (Å²) in [7, 11) is 0. The van der Waals surface area contributed by atoms with Gasteiger partial charge in [0, 0.05) is 0 Å². The molecule has 2 aromatic rings. The molecule has 1 amide bonds. The van der Waals surface area contributed by atoms with Gasteiger partial charge in [0.05, 0.1) is 17.4 Å². The fraction of sp³-hybridized carbons (Fsp3) is 0.375. The summed E-state index contributed by atoms with van der Waals surface area (Å²) < 4.78 is 40.1. The number of nitrogens with one attached hydrogen (secondary N) is 1. The Balaban J connectivity index is 2.25. The number of nitrogens with zero attached hydrogens (tertiary/aromatic N) is 3. The summed E-state index contributed by atoms with van der Waals surface area (Å²) in [5.74, 6) is -2.01. The summed E-state index contributed by atoms with van der Waals surface area (Å²) >= 11 is 0. The Morgan fingerprint density at radius 1 is 1.27 bits per heavy atom. The third-order valence-corrected chi connectivity index (χ3v) is 3.49. The number of rotatable bonds is 6. The van der Waals surface area contributed by atoms with Gasteiger partial charge in [-0.1, -0.05) is 31.2 Å². The molecule has 1 aromatic carbocycles. The highest BCUT2D eigenvalue weighted by Gasteiger charge is 2.34. The number of amides is 1. The number of aliphatic carboxylic acids is 1. The second-order valence-electron chi connectivity index (χ2n) is 6.06. The first kappa shape index (κ1) is 19.4. The van der Waals surface area contributed by atoms with Crippen LogP contribution in [-0.4, -0.2) is 38.0 Å². The summed E-state index contributed by atoms with van der Waals surface area (Å²) in [6, 6.07) is 3.59. The third-order valence-electron chi connectivity index (χ3n) is 3.49. The zero-order chi connectivity index (χ0) is 19.5. The van der Waals surface area contributed by atoms with Crippen molar-refractivity contribution in [3.8, 4) is 5.69 Å². The molecule has 1 aromatic heterocycles. The maximum atomic E-state index is 13.1. The molecule has 2 N–H and O–H groups in total. The summed E-state index contributed by atoms with van der Waals surface area (Å²) in [6.45, 7) is 3.60. The smallest absolute Gasteiger partial charge is 0.418 e. The van der Waals surface area contributed by atoms with Crippen LogP contribution >= 0.6 is 0 Å². The van der Waals surface area contributed by atoms with Gasteiger partial charge in [0.25, 0.3) is 5.91 Å². The quantitative estimate of drug-likeness (QED) is 0.814. The minimum absolute atomic E-state index is 0.0192. The Labute approximate surface area is 146 Å². The second-order valence-corrected chi connectivity index (χ2v) is 6.06.